The minimum atomic E-state index is -1.86. The van der Waals surface area contributed by atoms with Crippen molar-refractivity contribution in [2.24, 2.45) is 0 Å². The fourth-order valence-electron chi connectivity index (χ4n) is 9.41. The fourth-order valence-corrected chi connectivity index (χ4v) is 9.41. The first-order valence-corrected chi connectivity index (χ1v) is 29.1. The lowest BCUT2D eigenvalue weighted by molar-refractivity contribution is -0.298. The first kappa shape index (κ1) is 64.2. The van der Waals surface area contributed by atoms with E-state index in [1.165, 1.54) is 218 Å². The number of aliphatic hydroxyl groups is 3. The molecule has 0 aromatic carbocycles. The van der Waals surface area contributed by atoms with Gasteiger partial charge in [-0.3, -0.25) is 9.59 Å². The number of carboxylic acid groups (broad SMARTS) is 1. The van der Waals surface area contributed by atoms with Gasteiger partial charge >= 0.3 is 17.9 Å². The molecule has 0 bridgehead atoms. The molecular weight excluding hydrogens is 861 g/mol. The summed E-state index contributed by atoms with van der Waals surface area (Å²) < 4.78 is 21.9. The summed E-state index contributed by atoms with van der Waals surface area (Å²) in [4.78, 5) is 37.1. The van der Waals surface area contributed by atoms with Gasteiger partial charge in [0.2, 0.25) is 0 Å². The molecule has 1 aliphatic rings. The van der Waals surface area contributed by atoms with Crippen molar-refractivity contribution in [1.82, 2.24) is 0 Å². The Bertz CT molecular complexity index is 1140. The first-order valence-electron chi connectivity index (χ1n) is 29.1. The summed E-state index contributed by atoms with van der Waals surface area (Å²) in [6, 6.07) is 0. The number of unbranched alkanes of at least 4 members (excludes halogenated alkanes) is 40. The summed E-state index contributed by atoms with van der Waals surface area (Å²) in [5.41, 5.74) is 0. The van der Waals surface area contributed by atoms with Crippen molar-refractivity contribution in [1.29, 1.82) is 0 Å². The third-order valence-corrected chi connectivity index (χ3v) is 14.0. The van der Waals surface area contributed by atoms with Crippen LogP contribution in [0.1, 0.15) is 296 Å². The van der Waals surface area contributed by atoms with Gasteiger partial charge in [0.05, 0.1) is 6.61 Å². The highest BCUT2D eigenvalue weighted by Crippen LogP contribution is 2.24. The lowest BCUT2D eigenvalue weighted by atomic mass is 9.99. The number of carbonyl (C=O) groups excluding carboxylic acids is 2. The number of hydrogen-bond donors (Lipinski definition) is 4. The Labute approximate surface area is 416 Å². The minimum absolute atomic E-state index is 0.192. The highest BCUT2D eigenvalue weighted by molar-refractivity contribution is 5.73. The average Bonchev–Trinajstić information content (AvgIpc) is 3.32. The van der Waals surface area contributed by atoms with Crippen LogP contribution >= 0.6 is 0 Å². The quantitative estimate of drug-likeness (QED) is 0.0338. The second-order valence-electron chi connectivity index (χ2n) is 20.5. The number of aliphatic carboxylic acids is 1. The minimum Gasteiger partial charge on any atom is -0.479 e. The molecule has 4 N–H and O–H groups in total. The molecule has 0 aromatic rings. The van der Waals surface area contributed by atoms with Gasteiger partial charge in [-0.2, -0.15) is 0 Å². The molecule has 0 amide bonds. The van der Waals surface area contributed by atoms with Crippen molar-refractivity contribution >= 4 is 17.9 Å². The van der Waals surface area contributed by atoms with Crippen LogP contribution in [-0.2, 0) is 33.3 Å². The van der Waals surface area contributed by atoms with Crippen LogP contribution in [0.2, 0.25) is 0 Å². The second-order valence-corrected chi connectivity index (χ2v) is 20.5. The summed E-state index contributed by atoms with van der Waals surface area (Å²) >= 11 is 0. The van der Waals surface area contributed by atoms with Crippen LogP contribution in [0.3, 0.4) is 0 Å². The maximum atomic E-state index is 12.9. The number of rotatable bonds is 51. The molecule has 11 heteroatoms. The molecule has 6 unspecified atom stereocenters. The van der Waals surface area contributed by atoms with Gasteiger partial charge in [0.15, 0.2) is 18.5 Å². The molecule has 1 aliphatic heterocycles. The summed E-state index contributed by atoms with van der Waals surface area (Å²) in [5.74, 6) is -2.41. The Kier molecular flexibility index (Phi) is 44.9. The summed E-state index contributed by atoms with van der Waals surface area (Å²) in [6.45, 7) is 3.89. The summed E-state index contributed by atoms with van der Waals surface area (Å²) in [7, 11) is 0. The van der Waals surface area contributed by atoms with E-state index in [2.05, 4.69) is 13.8 Å². The van der Waals surface area contributed by atoms with E-state index in [4.69, 9.17) is 18.9 Å². The average molecular weight is 969 g/mol. The molecule has 1 heterocycles. The van der Waals surface area contributed by atoms with E-state index in [0.29, 0.717) is 12.8 Å². The zero-order valence-corrected chi connectivity index (χ0v) is 44.1. The van der Waals surface area contributed by atoms with Crippen LogP contribution < -0.4 is 0 Å². The number of aliphatic hydroxyl groups excluding tert-OH is 3. The van der Waals surface area contributed by atoms with Crippen LogP contribution in [0.5, 0.6) is 0 Å². The lowest BCUT2D eigenvalue weighted by Crippen LogP contribution is -2.60. The second kappa shape index (κ2) is 47.5. The van der Waals surface area contributed by atoms with Gasteiger partial charge in [-0.15, -0.1) is 0 Å². The van der Waals surface area contributed by atoms with Crippen molar-refractivity contribution in [2.45, 2.75) is 333 Å². The highest BCUT2D eigenvalue weighted by atomic mass is 16.7. The Balaban J connectivity index is 2.20. The molecule has 11 nitrogen and oxygen atoms in total. The molecule has 0 aliphatic carbocycles. The van der Waals surface area contributed by atoms with Gasteiger partial charge in [-0.1, -0.05) is 271 Å². The zero-order chi connectivity index (χ0) is 49.6. The zero-order valence-electron chi connectivity index (χ0n) is 44.1. The number of ether oxygens (including phenoxy) is 4. The summed E-state index contributed by atoms with van der Waals surface area (Å²) in [6.07, 6.45) is 44.5. The van der Waals surface area contributed by atoms with Gasteiger partial charge in [0.1, 0.15) is 24.9 Å². The molecule has 1 rings (SSSR count). The molecule has 68 heavy (non-hydrogen) atoms. The molecule has 6 atom stereocenters. The van der Waals surface area contributed by atoms with Crippen molar-refractivity contribution in [3.63, 3.8) is 0 Å². The van der Waals surface area contributed by atoms with Crippen molar-refractivity contribution < 1.29 is 53.8 Å². The molecule has 402 valence electrons. The predicted octanol–water partition coefficient (Wildman–Crippen LogP) is 14.6. The number of carboxylic acids is 1. The van der Waals surface area contributed by atoms with Gasteiger partial charge in [0, 0.05) is 12.8 Å². The standard InChI is InChI=1S/C57H108O11/c1-3-5-7-9-11-13-15-17-19-21-23-24-25-26-27-28-30-31-33-35-37-39-41-43-45-50(58)65-47-49(48-66-57-54(62)52(60)53(61)55(68-57)56(63)64)67-51(59)46-44-42-40-38-36-34-32-29-22-20-18-16-14-12-10-8-6-4-2/h49,52-55,57,60-62H,3-48H2,1-2H3,(H,63,64). The van der Waals surface area contributed by atoms with E-state index in [1.807, 2.05) is 0 Å². The van der Waals surface area contributed by atoms with Crippen molar-refractivity contribution in [3.8, 4) is 0 Å². The van der Waals surface area contributed by atoms with E-state index in [1.54, 1.807) is 0 Å². The van der Waals surface area contributed by atoms with Crippen LogP contribution in [0.15, 0.2) is 0 Å². The monoisotopic (exact) mass is 969 g/mol. The Hall–Kier alpha value is -1.79. The van der Waals surface area contributed by atoms with E-state index >= 15 is 0 Å². The molecule has 0 aromatic heterocycles. The Morgan fingerprint density at radius 3 is 1.00 bits per heavy atom. The van der Waals surface area contributed by atoms with E-state index in [0.717, 1.165) is 38.5 Å². The van der Waals surface area contributed by atoms with Gasteiger partial charge in [-0.25, -0.2) is 4.79 Å². The van der Waals surface area contributed by atoms with Crippen LogP contribution in [0, 0.1) is 0 Å². The maximum Gasteiger partial charge on any atom is 0.335 e. The third kappa shape index (κ3) is 38.0. The van der Waals surface area contributed by atoms with Crippen molar-refractivity contribution in [3.05, 3.63) is 0 Å². The number of carbonyl (C=O) groups is 3. The maximum absolute atomic E-state index is 12.9. The molecule has 0 radical (unpaired) electrons. The smallest absolute Gasteiger partial charge is 0.335 e. The topological polar surface area (TPSA) is 169 Å². The lowest BCUT2D eigenvalue weighted by Gasteiger charge is -2.38. The number of esters is 2. The molecule has 1 saturated heterocycles. The largest absolute Gasteiger partial charge is 0.479 e. The van der Waals surface area contributed by atoms with Gasteiger partial charge < -0.3 is 39.4 Å². The molecular formula is C57H108O11. The van der Waals surface area contributed by atoms with Crippen LogP contribution in [-0.4, -0.2) is 88.4 Å². The third-order valence-electron chi connectivity index (χ3n) is 14.0. The van der Waals surface area contributed by atoms with Crippen LogP contribution in [0.25, 0.3) is 0 Å². The molecule has 0 saturated carbocycles. The summed E-state index contributed by atoms with van der Waals surface area (Å²) in [5, 5.41) is 40.0. The van der Waals surface area contributed by atoms with E-state index < -0.39 is 54.7 Å². The van der Waals surface area contributed by atoms with Crippen molar-refractivity contribution in [2.75, 3.05) is 13.2 Å². The molecule has 1 fully saturated rings. The van der Waals surface area contributed by atoms with Gasteiger partial charge in [-0.05, 0) is 12.8 Å². The predicted molar refractivity (Wildman–Crippen MR) is 276 cm³/mol. The van der Waals surface area contributed by atoms with E-state index in [9.17, 15) is 34.8 Å². The van der Waals surface area contributed by atoms with E-state index in [-0.39, 0.29) is 26.1 Å². The van der Waals surface area contributed by atoms with Crippen LogP contribution in [0.4, 0.5) is 0 Å². The number of hydrogen-bond acceptors (Lipinski definition) is 10. The Morgan fingerprint density at radius 1 is 0.397 bits per heavy atom. The highest BCUT2D eigenvalue weighted by Gasteiger charge is 2.47. The first-order chi connectivity index (χ1) is 33.2. The normalized spacial score (nSPS) is 18.8. The fraction of sp³-hybridized carbons (Fsp3) is 0.947. The molecule has 0 spiro atoms. The Morgan fingerprint density at radius 2 is 0.691 bits per heavy atom. The van der Waals surface area contributed by atoms with Gasteiger partial charge in [0.25, 0.3) is 0 Å². The SMILES string of the molecule is CCCCCCCCCCCCCCCCCCCCCCCCCCC(=O)OCC(COC1OC(C(=O)O)C(O)C(O)C1O)OC(=O)CCCCCCCCCCCCCCCCCCCC.